The zero-order valence-corrected chi connectivity index (χ0v) is 16.2. The van der Waals surface area contributed by atoms with Crippen LogP contribution in [0.2, 0.25) is 0 Å². The van der Waals surface area contributed by atoms with E-state index in [0.29, 0.717) is 0 Å². The molecule has 3 aromatic heterocycles. The van der Waals surface area contributed by atoms with Crippen LogP contribution in [-0.4, -0.2) is 20.2 Å². The monoisotopic (exact) mass is 386 g/mol. The van der Waals surface area contributed by atoms with Crippen LogP contribution in [0, 0.1) is 0 Å². The van der Waals surface area contributed by atoms with E-state index in [-0.39, 0.29) is 0 Å². The molecular formula is C26H18N4. The maximum atomic E-state index is 4.75. The van der Waals surface area contributed by atoms with Gasteiger partial charge in [0.15, 0.2) is 0 Å². The third-order valence-corrected chi connectivity index (χ3v) is 4.83. The van der Waals surface area contributed by atoms with Crippen molar-refractivity contribution in [1.82, 2.24) is 20.2 Å². The number of benzene rings is 2. The molecule has 0 amide bonds. The van der Waals surface area contributed by atoms with Gasteiger partial charge in [-0.15, -0.1) is 10.2 Å². The van der Waals surface area contributed by atoms with Crippen LogP contribution >= 0.6 is 0 Å². The normalized spacial score (nSPS) is 10.7. The zero-order chi connectivity index (χ0) is 20.2. The van der Waals surface area contributed by atoms with Crippen LogP contribution in [0.1, 0.15) is 0 Å². The van der Waals surface area contributed by atoms with Crippen molar-refractivity contribution < 1.29 is 0 Å². The Morgan fingerprint density at radius 3 is 1.10 bits per heavy atom. The quantitative estimate of drug-likeness (QED) is 0.384. The number of rotatable bonds is 4. The summed E-state index contributed by atoms with van der Waals surface area (Å²) in [6.07, 6.45) is 0. The molecule has 0 atom stereocenters. The molecule has 0 unspecified atom stereocenters. The van der Waals surface area contributed by atoms with Gasteiger partial charge in [-0.2, -0.15) is 0 Å². The molecule has 30 heavy (non-hydrogen) atoms. The molecule has 2 aromatic carbocycles. The molecule has 0 aliphatic heterocycles. The summed E-state index contributed by atoms with van der Waals surface area (Å²) >= 11 is 0. The average Bonchev–Trinajstić information content (AvgIpc) is 2.85. The van der Waals surface area contributed by atoms with Crippen molar-refractivity contribution in [3.63, 3.8) is 0 Å². The molecular weight excluding hydrogens is 368 g/mol. The molecule has 0 aliphatic carbocycles. The first-order valence-electron chi connectivity index (χ1n) is 9.76. The molecule has 5 rings (SSSR count). The van der Waals surface area contributed by atoms with Crippen LogP contribution in [-0.2, 0) is 0 Å². The van der Waals surface area contributed by atoms with Gasteiger partial charge in [0.25, 0.3) is 0 Å². The summed E-state index contributed by atoms with van der Waals surface area (Å²) in [5.41, 5.74) is 7.03. The first-order valence-corrected chi connectivity index (χ1v) is 9.76. The van der Waals surface area contributed by atoms with E-state index in [1.165, 1.54) is 0 Å². The number of pyridine rings is 2. The lowest BCUT2D eigenvalue weighted by atomic mass is 10.1. The summed E-state index contributed by atoms with van der Waals surface area (Å²) in [5, 5.41) is 8.82. The highest BCUT2D eigenvalue weighted by Gasteiger charge is 2.08. The molecule has 4 heteroatoms. The third kappa shape index (κ3) is 3.71. The minimum absolute atomic E-state index is 0.732. The SMILES string of the molecule is c1ccc(-c2cccc(-c3ccc(-c4cccc(-c5ccccc5)n4)nn3)n2)cc1. The lowest BCUT2D eigenvalue weighted by molar-refractivity contribution is 1.03. The van der Waals surface area contributed by atoms with E-state index in [2.05, 4.69) is 10.2 Å². The minimum Gasteiger partial charge on any atom is -0.246 e. The number of aromatic nitrogens is 4. The van der Waals surface area contributed by atoms with Crippen molar-refractivity contribution in [3.8, 4) is 45.3 Å². The van der Waals surface area contributed by atoms with E-state index >= 15 is 0 Å². The second-order valence-corrected chi connectivity index (χ2v) is 6.85. The smallest absolute Gasteiger partial charge is 0.111 e. The standard InChI is InChI=1S/C26H18N4/c1-3-9-19(10-4-1)21-13-7-15-23(27-21)25-17-18-26(30-29-25)24-16-8-14-22(28-24)20-11-5-2-6-12-20/h1-18H. The topological polar surface area (TPSA) is 51.6 Å². The Morgan fingerprint density at radius 2 is 0.700 bits per heavy atom. The van der Waals surface area contributed by atoms with E-state index < -0.39 is 0 Å². The summed E-state index contributed by atoms with van der Waals surface area (Å²) in [4.78, 5) is 9.50. The van der Waals surface area contributed by atoms with Crippen molar-refractivity contribution in [2.75, 3.05) is 0 Å². The van der Waals surface area contributed by atoms with Gasteiger partial charge in [0.2, 0.25) is 0 Å². The predicted octanol–water partition coefficient (Wildman–Crippen LogP) is 5.93. The van der Waals surface area contributed by atoms with Gasteiger partial charge >= 0.3 is 0 Å². The Balaban J connectivity index is 1.44. The molecule has 0 fully saturated rings. The molecule has 3 heterocycles. The van der Waals surface area contributed by atoms with Crippen molar-refractivity contribution in [2.24, 2.45) is 0 Å². The van der Waals surface area contributed by atoms with Gasteiger partial charge in [-0.05, 0) is 36.4 Å². The van der Waals surface area contributed by atoms with Crippen LogP contribution in [0.15, 0.2) is 109 Å². The van der Waals surface area contributed by atoms with Gasteiger partial charge < -0.3 is 0 Å². The highest BCUT2D eigenvalue weighted by molar-refractivity contribution is 5.66. The van der Waals surface area contributed by atoms with Gasteiger partial charge in [-0.25, -0.2) is 9.97 Å². The second kappa shape index (κ2) is 8.05. The van der Waals surface area contributed by atoms with Crippen LogP contribution in [0.25, 0.3) is 45.3 Å². The largest absolute Gasteiger partial charge is 0.246 e. The fraction of sp³-hybridized carbons (Fsp3) is 0. The highest BCUT2D eigenvalue weighted by Crippen LogP contribution is 2.24. The minimum atomic E-state index is 0.732. The molecule has 0 aliphatic rings. The molecule has 0 bridgehead atoms. The van der Waals surface area contributed by atoms with Gasteiger partial charge in [0.1, 0.15) is 11.4 Å². The average molecular weight is 386 g/mol. The molecule has 0 saturated heterocycles. The Hall–Kier alpha value is -4.18. The summed E-state index contributed by atoms with van der Waals surface area (Å²) < 4.78 is 0. The first-order chi connectivity index (χ1) is 14.9. The fourth-order valence-electron chi connectivity index (χ4n) is 3.30. The summed E-state index contributed by atoms with van der Waals surface area (Å²) in [6, 6.07) is 36.0. The van der Waals surface area contributed by atoms with E-state index in [1.807, 2.05) is 109 Å². The van der Waals surface area contributed by atoms with Gasteiger partial charge in [-0.1, -0.05) is 72.8 Å². The Bertz CT molecular complexity index is 1170. The Labute approximate surface area is 175 Å². The third-order valence-electron chi connectivity index (χ3n) is 4.83. The summed E-state index contributed by atoms with van der Waals surface area (Å²) in [6.45, 7) is 0. The second-order valence-electron chi connectivity index (χ2n) is 6.85. The first kappa shape index (κ1) is 17.9. The van der Waals surface area contributed by atoms with Crippen molar-refractivity contribution in [3.05, 3.63) is 109 Å². The predicted molar refractivity (Wildman–Crippen MR) is 119 cm³/mol. The molecule has 5 aromatic rings. The van der Waals surface area contributed by atoms with Gasteiger partial charge in [0, 0.05) is 11.1 Å². The highest BCUT2D eigenvalue weighted by atomic mass is 15.1. The lowest BCUT2D eigenvalue weighted by Crippen LogP contribution is -1.95. The molecule has 0 N–H and O–H groups in total. The lowest BCUT2D eigenvalue weighted by Gasteiger charge is -2.06. The molecule has 4 nitrogen and oxygen atoms in total. The summed E-state index contributed by atoms with van der Waals surface area (Å²) in [7, 11) is 0. The summed E-state index contributed by atoms with van der Waals surface area (Å²) in [5.74, 6) is 0. The van der Waals surface area contributed by atoms with E-state index in [0.717, 1.165) is 45.3 Å². The van der Waals surface area contributed by atoms with E-state index in [4.69, 9.17) is 9.97 Å². The number of hydrogen-bond acceptors (Lipinski definition) is 4. The van der Waals surface area contributed by atoms with Crippen LogP contribution in [0.3, 0.4) is 0 Å². The van der Waals surface area contributed by atoms with Gasteiger partial charge in [0.05, 0.1) is 22.8 Å². The molecule has 0 saturated carbocycles. The number of nitrogens with zero attached hydrogens (tertiary/aromatic N) is 4. The van der Waals surface area contributed by atoms with Crippen LogP contribution in [0.4, 0.5) is 0 Å². The van der Waals surface area contributed by atoms with E-state index in [9.17, 15) is 0 Å². The van der Waals surface area contributed by atoms with Gasteiger partial charge in [-0.3, -0.25) is 0 Å². The van der Waals surface area contributed by atoms with Crippen molar-refractivity contribution in [1.29, 1.82) is 0 Å². The molecule has 0 spiro atoms. The number of hydrogen-bond donors (Lipinski definition) is 0. The Kier molecular flexibility index (Phi) is 4.80. The van der Waals surface area contributed by atoms with Crippen molar-refractivity contribution in [2.45, 2.75) is 0 Å². The fourth-order valence-corrected chi connectivity index (χ4v) is 3.30. The van der Waals surface area contributed by atoms with Crippen LogP contribution in [0.5, 0.6) is 0 Å². The zero-order valence-electron chi connectivity index (χ0n) is 16.2. The Morgan fingerprint density at radius 1 is 0.300 bits per heavy atom. The van der Waals surface area contributed by atoms with E-state index in [1.54, 1.807) is 0 Å². The maximum absolute atomic E-state index is 4.75. The van der Waals surface area contributed by atoms with Crippen LogP contribution < -0.4 is 0 Å². The maximum Gasteiger partial charge on any atom is 0.111 e. The molecule has 142 valence electrons. The molecule has 0 radical (unpaired) electrons. The van der Waals surface area contributed by atoms with Crippen molar-refractivity contribution >= 4 is 0 Å².